The highest BCUT2D eigenvalue weighted by Gasteiger charge is 2.19. The first-order chi connectivity index (χ1) is 14.6. The second-order valence-corrected chi connectivity index (χ2v) is 7.44. The van der Waals surface area contributed by atoms with Crippen molar-refractivity contribution in [2.45, 2.75) is 13.8 Å². The number of hydrogen-bond donors (Lipinski definition) is 0. The van der Waals surface area contributed by atoms with Gasteiger partial charge in [0.2, 0.25) is 0 Å². The predicted octanol–water partition coefficient (Wildman–Crippen LogP) is 2.93. The van der Waals surface area contributed by atoms with Crippen LogP contribution in [0.25, 0.3) is 22.7 Å². The van der Waals surface area contributed by atoms with Crippen LogP contribution in [0, 0.1) is 6.92 Å². The number of morpholine rings is 1. The summed E-state index contributed by atoms with van der Waals surface area (Å²) in [6, 6.07) is 13.9. The summed E-state index contributed by atoms with van der Waals surface area (Å²) in [5.41, 5.74) is 4.15. The molecule has 152 valence electrons. The van der Waals surface area contributed by atoms with E-state index in [-0.39, 0.29) is 5.78 Å². The van der Waals surface area contributed by atoms with E-state index >= 15 is 0 Å². The van der Waals surface area contributed by atoms with Crippen molar-refractivity contribution in [3.8, 4) is 17.1 Å². The Bertz CT molecular complexity index is 1240. The van der Waals surface area contributed by atoms with Crippen molar-refractivity contribution in [2.24, 2.45) is 0 Å². The van der Waals surface area contributed by atoms with Crippen molar-refractivity contribution in [1.82, 2.24) is 24.4 Å². The summed E-state index contributed by atoms with van der Waals surface area (Å²) in [5.74, 6) is 1.46. The van der Waals surface area contributed by atoms with Crippen molar-refractivity contribution >= 4 is 17.2 Å². The van der Waals surface area contributed by atoms with Crippen molar-refractivity contribution in [2.75, 3.05) is 31.2 Å². The minimum absolute atomic E-state index is 0.0872. The maximum Gasteiger partial charge on any atom is 0.180 e. The van der Waals surface area contributed by atoms with Gasteiger partial charge in [-0.2, -0.15) is 14.7 Å². The lowest BCUT2D eigenvalue weighted by Crippen LogP contribution is -2.37. The van der Waals surface area contributed by atoms with E-state index in [0.717, 1.165) is 30.2 Å². The van der Waals surface area contributed by atoms with Gasteiger partial charge in [0, 0.05) is 43.9 Å². The summed E-state index contributed by atoms with van der Waals surface area (Å²) in [6.45, 7) is 6.39. The molecular formula is C22H22N6O2. The van der Waals surface area contributed by atoms with Crippen LogP contribution in [0.5, 0.6) is 0 Å². The van der Waals surface area contributed by atoms with Crippen LogP contribution >= 0.6 is 0 Å². The summed E-state index contributed by atoms with van der Waals surface area (Å²) in [4.78, 5) is 18.8. The number of aryl methyl sites for hydroxylation is 1. The van der Waals surface area contributed by atoms with Crippen molar-refractivity contribution in [3.63, 3.8) is 0 Å². The van der Waals surface area contributed by atoms with Gasteiger partial charge in [-0.25, -0.2) is 9.67 Å². The molecule has 0 bridgehead atoms. The van der Waals surface area contributed by atoms with Crippen LogP contribution in [0.1, 0.15) is 23.0 Å². The molecule has 0 spiro atoms. The first-order valence-electron chi connectivity index (χ1n) is 9.96. The third-order valence-electron chi connectivity index (χ3n) is 5.23. The number of benzene rings is 1. The number of carbonyl (C=O) groups is 1. The van der Waals surface area contributed by atoms with Gasteiger partial charge in [-0.05, 0) is 19.1 Å². The fourth-order valence-electron chi connectivity index (χ4n) is 3.66. The lowest BCUT2D eigenvalue weighted by atomic mass is 10.1. The topological polar surface area (TPSA) is 77.5 Å². The molecule has 1 saturated heterocycles. The second-order valence-electron chi connectivity index (χ2n) is 7.44. The quantitative estimate of drug-likeness (QED) is 0.489. The zero-order valence-electron chi connectivity index (χ0n) is 16.9. The van der Waals surface area contributed by atoms with Crippen LogP contribution in [-0.2, 0) is 4.74 Å². The van der Waals surface area contributed by atoms with E-state index in [4.69, 9.17) is 14.8 Å². The molecule has 0 saturated carbocycles. The standard InChI is InChI=1S/C22H22N6O2/c1-15-4-3-5-17(12-15)18-6-7-27(24-18)20-14-22(26-8-10-30-11-9-26)28-21(23-20)13-19(25-28)16(2)29/h3-7,12-14H,8-11H2,1-2H3. The molecule has 0 amide bonds. The smallest absolute Gasteiger partial charge is 0.180 e. The maximum absolute atomic E-state index is 11.9. The summed E-state index contributed by atoms with van der Waals surface area (Å²) < 4.78 is 8.99. The summed E-state index contributed by atoms with van der Waals surface area (Å²) in [6.07, 6.45) is 1.90. The highest BCUT2D eigenvalue weighted by Crippen LogP contribution is 2.23. The Labute approximate surface area is 173 Å². The largest absolute Gasteiger partial charge is 0.378 e. The highest BCUT2D eigenvalue weighted by atomic mass is 16.5. The fourth-order valence-corrected chi connectivity index (χ4v) is 3.66. The average Bonchev–Trinajstić information content (AvgIpc) is 3.41. The Kier molecular flexibility index (Phi) is 4.55. The van der Waals surface area contributed by atoms with Crippen LogP contribution in [0.4, 0.5) is 5.82 Å². The number of anilines is 1. The number of ether oxygens (including phenoxy) is 1. The number of aromatic nitrogens is 5. The van der Waals surface area contributed by atoms with Crippen LogP contribution < -0.4 is 4.90 Å². The van der Waals surface area contributed by atoms with Crippen molar-refractivity contribution in [3.05, 3.63) is 59.9 Å². The Morgan fingerprint density at radius 1 is 1.07 bits per heavy atom. The van der Waals surface area contributed by atoms with Crippen LogP contribution in [0.2, 0.25) is 0 Å². The molecule has 1 aromatic carbocycles. The number of fused-ring (bicyclic) bond motifs is 1. The molecule has 4 heterocycles. The van der Waals surface area contributed by atoms with E-state index in [9.17, 15) is 4.79 Å². The minimum Gasteiger partial charge on any atom is -0.378 e. The molecule has 1 aliphatic rings. The molecule has 1 aliphatic heterocycles. The molecule has 30 heavy (non-hydrogen) atoms. The monoisotopic (exact) mass is 402 g/mol. The minimum atomic E-state index is -0.0872. The summed E-state index contributed by atoms with van der Waals surface area (Å²) >= 11 is 0. The molecule has 8 nitrogen and oxygen atoms in total. The van der Waals surface area contributed by atoms with Crippen molar-refractivity contribution in [1.29, 1.82) is 0 Å². The Hall–Kier alpha value is -3.52. The van der Waals surface area contributed by atoms with Gasteiger partial charge in [0.25, 0.3) is 0 Å². The molecule has 0 atom stereocenters. The number of nitrogens with zero attached hydrogens (tertiary/aromatic N) is 6. The van der Waals surface area contributed by atoms with E-state index < -0.39 is 0 Å². The van der Waals surface area contributed by atoms with Gasteiger partial charge in [0.15, 0.2) is 17.2 Å². The Morgan fingerprint density at radius 2 is 1.90 bits per heavy atom. The molecule has 1 fully saturated rings. The molecule has 0 aliphatic carbocycles. The summed E-state index contributed by atoms with van der Waals surface area (Å²) in [5, 5.41) is 9.22. The van der Waals surface area contributed by atoms with E-state index in [0.29, 0.717) is 30.4 Å². The highest BCUT2D eigenvalue weighted by molar-refractivity contribution is 5.93. The Balaban J connectivity index is 1.61. The maximum atomic E-state index is 11.9. The molecule has 0 N–H and O–H groups in total. The number of carbonyl (C=O) groups excluding carboxylic acids is 1. The van der Waals surface area contributed by atoms with Gasteiger partial charge in [-0.1, -0.05) is 23.8 Å². The molecule has 5 rings (SSSR count). The van der Waals surface area contributed by atoms with Gasteiger partial charge in [0.05, 0.1) is 18.9 Å². The normalized spacial score (nSPS) is 14.4. The first-order valence-corrected chi connectivity index (χ1v) is 9.96. The predicted molar refractivity (Wildman–Crippen MR) is 113 cm³/mol. The molecule has 8 heteroatoms. The van der Waals surface area contributed by atoms with Crippen LogP contribution in [0.15, 0.2) is 48.7 Å². The van der Waals surface area contributed by atoms with Gasteiger partial charge in [-0.15, -0.1) is 0 Å². The number of hydrogen-bond acceptors (Lipinski definition) is 6. The summed E-state index contributed by atoms with van der Waals surface area (Å²) in [7, 11) is 0. The first kappa shape index (κ1) is 18.5. The molecule has 0 radical (unpaired) electrons. The average molecular weight is 402 g/mol. The van der Waals surface area contributed by atoms with Crippen LogP contribution in [-0.4, -0.2) is 56.5 Å². The van der Waals surface area contributed by atoms with E-state index in [1.807, 2.05) is 30.5 Å². The van der Waals surface area contributed by atoms with Crippen LogP contribution in [0.3, 0.4) is 0 Å². The fraction of sp³-hybridized carbons (Fsp3) is 0.273. The van der Waals surface area contributed by atoms with Gasteiger partial charge >= 0.3 is 0 Å². The zero-order chi connectivity index (χ0) is 20.7. The van der Waals surface area contributed by atoms with Gasteiger partial charge in [-0.3, -0.25) is 4.79 Å². The number of rotatable bonds is 4. The molecule has 4 aromatic rings. The lowest BCUT2D eigenvalue weighted by Gasteiger charge is -2.29. The number of Topliss-reactive ketones (excluding diaryl/α,β-unsaturated/α-hetero) is 1. The molecule has 3 aromatic heterocycles. The molecular weight excluding hydrogens is 380 g/mol. The van der Waals surface area contributed by atoms with E-state index in [2.05, 4.69) is 29.1 Å². The SMILES string of the molecule is CC(=O)c1cc2nc(-n3ccc(-c4cccc(C)c4)n3)cc(N3CCOCC3)n2n1. The van der Waals surface area contributed by atoms with E-state index in [1.165, 1.54) is 12.5 Å². The third kappa shape index (κ3) is 3.35. The Morgan fingerprint density at radius 3 is 2.67 bits per heavy atom. The molecule has 0 unspecified atom stereocenters. The lowest BCUT2D eigenvalue weighted by molar-refractivity contribution is 0.101. The van der Waals surface area contributed by atoms with Crippen molar-refractivity contribution < 1.29 is 9.53 Å². The zero-order valence-corrected chi connectivity index (χ0v) is 16.9. The van der Waals surface area contributed by atoms with Gasteiger partial charge in [0.1, 0.15) is 11.5 Å². The third-order valence-corrected chi connectivity index (χ3v) is 5.23. The van der Waals surface area contributed by atoms with Gasteiger partial charge < -0.3 is 9.64 Å². The second kappa shape index (κ2) is 7.38. The van der Waals surface area contributed by atoms with E-state index in [1.54, 1.807) is 15.3 Å². The number of ketones is 1.